The first-order valence-corrected chi connectivity index (χ1v) is 6.63. The van der Waals surface area contributed by atoms with E-state index >= 15 is 0 Å². The molecule has 0 aliphatic carbocycles. The van der Waals surface area contributed by atoms with Gasteiger partial charge in [0.1, 0.15) is 11.4 Å². The van der Waals surface area contributed by atoms with Crippen LogP contribution in [0, 0.1) is 0 Å². The number of benzene rings is 1. The fourth-order valence-electron chi connectivity index (χ4n) is 1.90. The van der Waals surface area contributed by atoms with Crippen LogP contribution < -0.4 is 16.0 Å². The molecule has 0 aliphatic heterocycles. The van der Waals surface area contributed by atoms with Gasteiger partial charge in [-0.15, -0.1) is 15.3 Å². The molecule has 3 rings (SSSR count). The zero-order valence-electron chi connectivity index (χ0n) is 10.6. The number of rotatable bonds is 3. The predicted octanol–water partition coefficient (Wildman–Crippen LogP) is 0.728. The second-order valence-corrected chi connectivity index (χ2v) is 5.06. The van der Waals surface area contributed by atoms with E-state index in [1.807, 2.05) is 24.3 Å². The quantitative estimate of drug-likeness (QED) is 0.763. The average Bonchev–Trinajstić information content (AvgIpc) is 2.84. The number of methoxy groups -OCH3 is 1. The second kappa shape index (κ2) is 4.89. The number of hydrogen-bond donors (Lipinski definition) is 1. The van der Waals surface area contributed by atoms with Crippen LogP contribution in [0.25, 0.3) is 4.96 Å². The highest BCUT2D eigenvalue weighted by molar-refractivity contribution is 7.20. The molecule has 0 fully saturated rings. The number of aromatic nitrogens is 4. The number of fused-ring (bicyclic) bond motifs is 1. The smallest absolute Gasteiger partial charge is 0.297 e. The molecule has 2 heterocycles. The van der Waals surface area contributed by atoms with Gasteiger partial charge in [-0.3, -0.25) is 4.79 Å². The molecule has 2 aromatic heterocycles. The molecule has 1 aromatic carbocycles. The Morgan fingerprint density at radius 2 is 2.15 bits per heavy atom. The Morgan fingerprint density at radius 1 is 1.35 bits per heavy atom. The molecule has 0 spiro atoms. The van der Waals surface area contributed by atoms with Gasteiger partial charge < -0.3 is 10.5 Å². The van der Waals surface area contributed by atoms with Gasteiger partial charge in [-0.1, -0.05) is 29.5 Å². The van der Waals surface area contributed by atoms with Crippen LogP contribution >= 0.6 is 11.3 Å². The minimum atomic E-state index is -0.311. The Labute approximate surface area is 117 Å². The molecule has 0 saturated heterocycles. The Kier molecular flexibility index (Phi) is 3.07. The third-order valence-electron chi connectivity index (χ3n) is 2.82. The maximum absolute atomic E-state index is 12.3. The summed E-state index contributed by atoms with van der Waals surface area (Å²) in [5, 5.41) is 12.1. The van der Waals surface area contributed by atoms with Crippen molar-refractivity contribution in [1.82, 2.24) is 19.8 Å². The first kappa shape index (κ1) is 12.5. The molecular weight excluding hydrogens is 278 g/mol. The van der Waals surface area contributed by atoms with Crippen molar-refractivity contribution in [2.75, 3.05) is 12.8 Å². The van der Waals surface area contributed by atoms with Crippen molar-refractivity contribution in [2.24, 2.45) is 0 Å². The molecule has 7 nitrogen and oxygen atoms in total. The minimum absolute atomic E-state index is 0.283. The maximum atomic E-state index is 12.3. The van der Waals surface area contributed by atoms with E-state index in [0.29, 0.717) is 22.8 Å². The van der Waals surface area contributed by atoms with Crippen LogP contribution in [0.5, 0.6) is 5.75 Å². The Bertz CT molecular complexity index is 826. The summed E-state index contributed by atoms with van der Waals surface area (Å²) >= 11 is 1.12. The molecule has 20 heavy (non-hydrogen) atoms. The van der Waals surface area contributed by atoms with Gasteiger partial charge in [-0.2, -0.15) is 4.52 Å². The average molecular weight is 289 g/mol. The van der Waals surface area contributed by atoms with Gasteiger partial charge in [0.2, 0.25) is 10.1 Å². The van der Waals surface area contributed by atoms with Crippen LogP contribution in [0.2, 0.25) is 0 Å². The number of anilines is 1. The van der Waals surface area contributed by atoms with Crippen molar-refractivity contribution in [3.63, 3.8) is 0 Å². The van der Waals surface area contributed by atoms with Crippen molar-refractivity contribution in [3.05, 3.63) is 45.9 Å². The standard InChI is InChI=1S/C12H11N5O2S/c1-19-9-5-3-2-4-7(9)6-8-10(18)17-12(15-14-8)20-11(13)16-17/h2-5H,6H2,1H3,(H2,13,16). The molecular formula is C12H11N5O2S. The van der Waals surface area contributed by atoms with Gasteiger partial charge in [0.05, 0.1) is 7.11 Å². The molecule has 0 amide bonds. The summed E-state index contributed by atoms with van der Waals surface area (Å²) < 4.78 is 6.44. The van der Waals surface area contributed by atoms with Crippen molar-refractivity contribution >= 4 is 21.4 Å². The van der Waals surface area contributed by atoms with Crippen molar-refractivity contribution in [2.45, 2.75) is 6.42 Å². The number of ether oxygens (including phenoxy) is 1. The highest BCUT2D eigenvalue weighted by atomic mass is 32.1. The summed E-state index contributed by atoms with van der Waals surface area (Å²) in [6, 6.07) is 7.46. The molecule has 3 aromatic rings. The molecule has 0 saturated carbocycles. The van der Waals surface area contributed by atoms with E-state index < -0.39 is 0 Å². The van der Waals surface area contributed by atoms with E-state index in [2.05, 4.69) is 15.3 Å². The largest absolute Gasteiger partial charge is 0.496 e. The van der Waals surface area contributed by atoms with Gasteiger partial charge in [0.15, 0.2) is 0 Å². The molecule has 0 unspecified atom stereocenters. The molecule has 0 bridgehead atoms. The summed E-state index contributed by atoms with van der Waals surface area (Å²) in [5.41, 5.74) is 6.42. The van der Waals surface area contributed by atoms with Crippen LogP contribution in [0.3, 0.4) is 0 Å². The van der Waals surface area contributed by atoms with Gasteiger partial charge in [-0.05, 0) is 6.07 Å². The topological polar surface area (TPSA) is 95.4 Å². The lowest BCUT2D eigenvalue weighted by Gasteiger charge is -2.06. The van der Waals surface area contributed by atoms with E-state index in [0.717, 1.165) is 16.9 Å². The monoisotopic (exact) mass is 289 g/mol. The number of hydrogen-bond acceptors (Lipinski definition) is 7. The summed E-state index contributed by atoms with van der Waals surface area (Å²) in [7, 11) is 1.59. The minimum Gasteiger partial charge on any atom is -0.496 e. The van der Waals surface area contributed by atoms with E-state index in [1.54, 1.807) is 7.11 Å². The maximum Gasteiger partial charge on any atom is 0.297 e. The summed E-state index contributed by atoms with van der Waals surface area (Å²) in [6.45, 7) is 0. The zero-order valence-corrected chi connectivity index (χ0v) is 11.4. The number of nitrogens with zero attached hydrogens (tertiary/aromatic N) is 4. The lowest BCUT2D eigenvalue weighted by Crippen LogP contribution is -2.22. The highest BCUT2D eigenvalue weighted by Crippen LogP contribution is 2.19. The normalized spacial score (nSPS) is 10.8. The number of para-hydroxylation sites is 1. The first-order valence-electron chi connectivity index (χ1n) is 5.82. The number of nitrogens with two attached hydrogens (primary N) is 1. The summed E-state index contributed by atoms with van der Waals surface area (Å²) in [6.07, 6.45) is 0.330. The van der Waals surface area contributed by atoms with E-state index in [-0.39, 0.29) is 10.7 Å². The van der Waals surface area contributed by atoms with Crippen LogP contribution in [-0.2, 0) is 6.42 Å². The van der Waals surface area contributed by atoms with E-state index in [1.165, 1.54) is 4.52 Å². The molecule has 0 radical (unpaired) electrons. The lowest BCUT2D eigenvalue weighted by molar-refractivity contribution is 0.410. The molecule has 0 aliphatic rings. The Hall–Kier alpha value is -2.48. The predicted molar refractivity (Wildman–Crippen MR) is 75.1 cm³/mol. The molecule has 102 valence electrons. The summed E-state index contributed by atoms with van der Waals surface area (Å²) in [5.74, 6) is 0.705. The Balaban J connectivity index is 2.07. The highest BCUT2D eigenvalue weighted by Gasteiger charge is 2.13. The number of nitrogen functional groups attached to an aromatic ring is 1. The van der Waals surface area contributed by atoms with Gasteiger partial charge in [0.25, 0.3) is 5.56 Å². The van der Waals surface area contributed by atoms with Crippen LogP contribution in [0.4, 0.5) is 5.13 Å². The third kappa shape index (κ3) is 2.10. The second-order valence-electron chi connectivity index (χ2n) is 4.08. The van der Waals surface area contributed by atoms with E-state index in [4.69, 9.17) is 10.5 Å². The molecule has 0 atom stereocenters. The van der Waals surface area contributed by atoms with Crippen molar-refractivity contribution in [1.29, 1.82) is 0 Å². The summed E-state index contributed by atoms with van der Waals surface area (Å²) in [4.78, 5) is 12.6. The van der Waals surface area contributed by atoms with E-state index in [9.17, 15) is 4.79 Å². The van der Waals surface area contributed by atoms with Crippen LogP contribution in [-0.4, -0.2) is 26.9 Å². The fraction of sp³-hybridized carbons (Fsp3) is 0.167. The van der Waals surface area contributed by atoms with Crippen molar-refractivity contribution in [3.8, 4) is 5.75 Å². The van der Waals surface area contributed by atoms with Gasteiger partial charge >= 0.3 is 0 Å². The van der Waals surface area contributed by atoms with Crippen LogP contribution in [0.1, 0.15) is 11.3 Å². The fourth-order valence-corrected chi connectivity index (χ4v) is 2.50. The molecule has 2 N–H and O–H groups in total. The first-order chi connectivity index (χ1) is 9.69. The van der Waals surface area contributed by atoms with Crippen molar-refractivity contribution < 1.29 is 4.74 Å². The third-order valence-corrected chi connectivity index (χ3v) is 3.55. The molecule has 8 heteroatoms. The SMILES string of the molecule is COc1ccccc1Cc1nnc2sc(N)nn2c1=O. The zero-order chi connectivity index (χ0) is 14.1. The lowest BCUT2D eigenvalue weighted by atomic mass is 10.1. The van der Waals surface area contributed by atoms with Gasteiger partial charge in [0, 0.05) is 12.0 Å². The van der Waals surface area contributed by atoms with Gasteiger partial charge in [-0.25, -0.2) is 0 Å². The Morgan fingerprint density at radius 3 is 2.95 bits per heavy atom. The van der Waals surface area contributed by atoms with Crippen LogP contribution in [0.15, 0.2) is 29.1 Å².